The first-order valence-corrected chi connectivity index (χ1v) is 7.83. The summed E-state index contributed by atoms with van der Waals surface area (Å²) < 4.78 is 0. The number of hydrogen-bond acceptors (Lipinski definition) is 5. The van der Waals surface area contributed by atoms with Gasteiger partial charge in [-0.1, -0.05) is 6.92 Å². The molecule has 0 aromatic carbocycles. The van der Waals surface area contributed by atoms with Crippen molar-refractivity contribution in [3.63, 3.8) is 0 Å². The van der Waals surface area contributed by atoms with E-state index in [1.54, 1.807) is 11.3 Å². The number of thiazole rings is 1. The summed E-state index contributed by atoms with van der Waals surface area (Å²) in [4.78, 5) is 17.2. The largest absolute Gasteiger partial charge is 0.394 e. The zero-order chi connectivity index (χ0) is 13.8. The first kappa shape index (κ1) is 14.2. The molecular formula is C13H16N2O2S2. The van der Waals surface area contributed by atoms with E-state index in [1.807, 2.05) is 30.7 Å². The number of rotatable bonds is 5. The number of carbonyl (C=O) groups excluding carboxylic acids is 1. The Labute approximate surface area is 120 Å². The van der Waals surface area contributed by atoms with E-state index in [2.05, 4.69) is 10.3 Å². The third-order valence-corrected chi connectivity index (χ3v) is 4.71. The molecule has 0 saturated carbocycles. The summed E-state index contributed by atoms with van der Waals surface area (Å²) in [5, 5.41) is 16.8. The number of nitrogens with one attached hydrogen (secondary N) is 1. The Morgan fingerprint density at radius 3 is 2.95 bits per heavy atom. The maximum Gasteiger partial charge on any atom is 0.263 e. The van der Waals surface area contributed by atoms with Crippen LogP contribution in [0.3, 0.4) is 0 Å². The monoisotopic (exact) mass is 296 g/mol. The molecule has 2 N–H and O–H groups in total. The topological polar surface area (TPSA) is 62.2 Å². The van der Waals surface area contributed by atoms with Crippen LogP contribution in [0.15, 0.2) is 16.8 Å². The molecular weight excluding hydrogens is 280 g/mol. The number of thiophene rings is 1. The predicted molar refractivity (Wildman–Crippen MR) is 78.8 cm³/mol. The first-order valence-electron chi connectivity index (χ1n) is 6.07. The van der Waals surface area contributed by atoms with Crippen LogP contribution in [0.25, 0.3) is 10.6 Å². The van der Waals surface area contributed by atoms with Crippen molar-refractivity contribution in [3.05, 3.63) is 27.4 Å². The summed E-state index contributed by atoms with van der Waals surface area (Å²) in [6, 6.07) is 1.80. The minimum atomic E-state index is -0.196. The lowest BCUT2D eigenvalue weighted by Gasteiger charge is -2.12. The van der Waals surface area contributed by atoms with Crippen LogP contribution >= 0.6 is 22.7 Å². The fourth-order valence-corrected chi connectivity index (χ4v) is 3.33. The average Bonchev–Trinajstić information content (AvgIpc) is 3.04. The standard InChI is InChI=1S/C13H16N2O2S2/c1-3-10(6-16)15-12(17)11-8(2)14-13(19-11)9-4-5-18-7-9/h4-5,7,10,16H,3,6H2,1-2H3,(H,15,17)/t10-/m0/s1. The molecule has 0 radical (unpaired) electrons. The molecule has 2 aromatic heterocycles. The third kappa shape index (κ3) is 3.20. The van der Waals surface area contributed by atoms with Gasteiger partial charge in [-0.05, 0) is 24.8 Å². The normalized spacial score (nSPS) is 12.4. The lowest BCUT2D eigenvalue weighted by atomic mass is 10.2. The molecule has 0 bridgehead atoms. The number of nitrogens with zero attached hydrogens (tertiary/aromatic N) is 1. The first-order chi connectivity index (χ1) is 9.15. The highest BCUT2D eigenvalue weighted by molar-refractivity contribution is 7.17. The Morgan fingerprint density at radius 2 is 2.37 bits per heavy atom. The van der Waals surface area contributed by atoms with Crippen LogP contribution in [0.5, 0.6) is 0 Å². The molecule has 4 nitrogen and oxygen atoms in total. The number of aromatic nitrogens is 1. The average molecular weight is 296 g/mol. The Morgan fingerprint density at radius 1 is 1.58 bits per heavy atom. The number of aliphatic hydroxyl groups is 1. The fraction of sp³-hybridized carbons (Fsp3) is 0.385. The SMILES string of the molecule is CC[C@@H](CO)NC(=O)c1sc(-c2ccsc2)nc1C. The quantitative estimate of drug-likeness (QED) is 0.891. The molecule has 2 heterocycles. The Hall–Kier alpha value is -1.24. The van der Waals surface area contributed by atoms with Crippen LogP contribution in [-0.4, -0.2) is 28.6 Å². The molecule has 19 heavy (non-hydrogen) atoms. The third-order valence-electron chi connectivity index (χ3n) is 2.82. The van der Waals surface area contributed by atoms with Gasteiger partial charge in [0.2, 0.25) is 0 Å². The molecule has 0 spiro atoms. The van der Waals surface area contributed by atoms with E-state index in [1.165, 1.54) is 11.3 Å². The van der Waals surface area contributed by atoms with Crippen molar-refractivity contribution in [2.24, 2.45) is 0 Å². The van der Waals surface area contributed by atoms with E-state index >= 15 is 0 Å². The van der Waals surface area contributed by atoms with E-state index in [4.69, 9.17) is 5.11 Å². The second-order valence-corrected chi connectivity index (χ2v) is 5.99. The van der Waals surface area contributed by atoms with Gasteiger partial charge in [-0.2, -0.15) is 11.3 Å². The van der Waals surface area contributed by atoms with Gasteiger partial charge < -0.3 is 10.4 Å². The number of carbonyl (C=O) groups is 1. The van der Waals surface area contributed by atoms with Crippen molar-refractivity contribution < 1.29 is 9.90 Å². The molecule has 0 aliphatic carbocycles. The number of hydrogen-bond donors (Lipinski definition) is 2. The summed E-state index contributed by atoms with van der Waals surface area (Å²) in [6.07, 6.45) is 0.706. The van der Waals surface area contributed by atoms with Crippen molar-refractivity contribution in [1.29, 1.82) is 0 Å². The molecule has 0 unspecified atom stereocenters. The number of aliphatic hydroxyl groups excluding tert-OH is 1. The maximum atomic E-state index is 12.1. The van der Waals surface area contributed by atoms with Crippen LogP contribution in [0.2, 0.25) is 0 Å². The molecule has 2 rings (SSSR count). The van der Waals surface area contributed by atoms with Gasteiger partial charge in [0, 0.05) is 10.9 Å². The molecule has 1 amide bonds. The summed E-state index contributed by atoms with van der Waals surface area (Å²) in [5.41, 5.74) is 1.78. The van der Waals surface area contributed by atoms with Crippen molar-refractivity contribution in [2.75, 3.05) is 6.61 Å². The van der Waals surface area contributed by atoms with Gasteiger partial charge >= 0.3 is 0 Å². The molecule has 6 heteroatoms. The molecule has 0 aliphatic rings. The van der Waals surface area contributed by atoms with Gasteiger partial charge in [0.1, 0.15) is 9.88 Å². The zero-order valence-corrected chi connectivity index (χ0v) is 12.5. The minimum Gasteiger partial charge on any atom is -0.394 e. The van der Waals surface area contributed by atoms with Crippen molar-refractivity contribution >= 4 is 28.6 Å². The molecule has 102 valence electrons. The van der Waals surface area contributed by atoms with E-state index in [0.29, 0.717) is 11.3 Å². The van der Waals surface area contributed by atoms with Crippen molar-refractivity contribution in [2.45, 2.75) is 26.3 Å². The molecule has 0 aliphatic heterocycles. The Bertz CT molecular complexity index is 545. The minimum absolute atomic E-state index is 0.0442. The van der Waals surface area contributed by atoms with Crippen LogP contribution in [0, 0.1) is 6.92 Å². The lowest BCUT2D eigenvalue weighted by molar-refractivity contribution is 0.0918. The highest BCUT2D eigenvalue weighted by atomic mass is 32.1. The van der Waals surface area contributed by atoms with Crippen LogP contribution in [0.1, 0.15) is 28.7 Å². The van der Waals surface area contributed by atoms with Crippen LogP contribution in [0.4, 0.5) is 0 Å². The van der Waals surface area contributed by atoms with Crippen LogP contribution in [-0.2, 0) is 0 Å². The zero-order valence-electron chi connectivity index (χ0n) is 10.8. The maximum absolute atomic E-state index is 12.1. The second kappa shape index (κ2) is 6.27. The fourth-order valence-electron chi connectivity index (χ4n) is 1.64. The summed E-state index contributed by atoms with van der Waals surface area (Å²) in [5.74, 6) is -0.155. The van der Waals surface area contributed by atoms with E-state index in [-0.39, 0.29) is 18.6 Å². The number of aryl methyl sites for hydroxylation is 1. The van der Waals surface area contributed by atoms with Gasteiger partial charge in [-0.15, -0.1) is 11.3 Å². The highest BCUT2D eigenvalue weighted by Gasteiger charge is 2.18. The molecule has 2 aromatic rings. The summed E-state index contributed by atoms with van der Waals surface area (Å²) in [7, 11) is 0. The van der Waals surface area contributed by atoms with Gasteiger partial charge in [0.25, 0.3) is 5.91 Å². The summed E-state index contributed by atoms with van der Waals surface area (Å²) >= 11 is 3.00. The van der Waals surface area contributed by atoms with Gasteiger partial charge in [0.15, 0.2) is 0 Å². The second-order valence-electron chi connectivity index (χ2n) is 4.21. The molecule has 0 fully saturated rings. The Kier molecular flexibility index (Phi) is 4.68. The van der Waals surface area contributed by atoms with Crippen molar-refractivity contribution in [1.82, 2.24) is 10.3 Å². The van der Waals surface area contributed by atoms with Gasteiger partial charge in [-0.3, -0.25) is 4.79 Å². The van der Waals surface area contributed by atoms with E-state index in [0.717, 1.165) is 16.3 Å². The lowest BCUT2D eigenvalue weighted by Crippen LogP contribution is -2.36. The van der Waals surface area contributed by atoms with Gasteiger partial charge in [0.05, 0.1) is 18.3 Å². The van der Waals surface area contributed by atoms with E-state index < -0.39 is 0 Å². The van der Waals surface area contributed by atoms with E-state index in [9.17, 15) is 4.79 Å². The number of amides is 1. The summed E-state index contributed by atoms with van der Waals surface area (Å²) in [6.45, 7) is 3.72. The van der Waals surface area contributed by atoms with Gasteiger partial charge in [-0.25, -0.2) is 4.98 Å². The molecule has 1 atom stereocenters. The predicted octanol–water partition coefficient (Wildman–Crippen LogP) is 2.68. The van der Waals surface area contributed by atoms with Crippen LogP contribution < -0.4 is 5.32 Å². The molecule has 0 saturated heterocycles. The van der Waals surface area contributed by atoms with Crippen molar-refractivity contribution in [3.8, 4) is 10.6 Å². The Balaban J connectivity index is 2.19. The smallest absolute Gasteiger partial charge is 0.263 e. The highest BCUT2D eigenvalue weighted by Crippen LogP contribution is 2.29.